The first-order valence-corrected chi connectivity index (χ1v) is 5.53. The van der Waals surface area contributed by atoms with Crippen LogP contribution in [0.25, 0.3) is 11.0 Å². The molecule has 0 saturated heterocycles. The number of nitrogens with one attached hydrogen (secondary N) is 1. The van der Waals surface area contributed by atoms with Gasteiger partial charge in [-0.25, -0.2) is 4.98 Å². The molecule has 2 aromatic rings. The van der Waals surface area contributed by atoms with Crippen LogP contribution in [0.4, 0.5) is 0 Å². The number of hydrogen-bond acceptors (Lipinski definition) is 2. The molecule has 0 aliphatic carbocycles. The van der Waals surface area contributed by atoms with Crippen LogP contribution in [0.5, 0.6) is 0 Å². The summed E-state index contributed by atoms with van der Waals surface area (Å²) in [7, 11) is 0. The van der Waals surface area contributed by atoms with Crippen LogP contribution < -0.4 is 0 Å². The third kappa shape index (κ3) is 2.11. The highest BCUT2D eigenvalue weighted by molar-refractivity contribution is 7.99. The molecule has 0 unspecified atom stereocenters. The number of para-hydroxylation sites is 2. The number of aromatic amines is 1. The highest BCUT2D eigenvalue weighted by Crippen LogP contribution is 2.21. The molecule has 0 atom stereocenters. The summed E-state index contributed by atoms with van der Waals surface area (Å²) in [5.41, 5.74) is 2.03. The fourth-order valence-corrected chi connectivity index (χ4v) is 1.95. The summed E-state index contributed by atoms with van der Waals surface area (Å²) in [4.78, 5) is 7.60. The largest absolute Gasteiger partial charge is 0.333 e. The average Bonchev–Trinajstić information content (AvgIpc) is 2.57. The Balaban J connectivity index is 2.22. The van der Waals surface area contributed by atoms with E-state index in [1.165, 1.54) is 0 Å². The van der Waals surface area contributed by atoms with Gasteiger partial charge in [0.05, 0.1) is 11.0 Å². The molecule has 1 aromatic heterocycles. The average molecular weight is 225 g/mol. The zero-order valence-electron chi connectivity index (χ0n) is 7.46. The quantitative estimate of drug-likeness (QED) is 0.810. The molecule has 0 saturated carbocycles. The van der Waals surface area contributed by atoms with Gasteiger partial charge in [0.2, 0.25) is 0 Å². The predicted molar refractivity (Wildman–Crippen MR) is 61.8 cm³/mol. The molecule has 2 nitrogen and oxygen atoms in total. The minimum Gasteiger partial charge on any atom is -0.333 e. The SMILES string of the molecule is C=C(Cl)CSc1nc2ccccc2[nH]1. The van der Waals surface area contributed by atoms with E-state index in [-0.39, 0.29) is 0 Å². The fraction of sp³-hybridized carbons (Fsp3) is 0.100. The standard InChI is InChI=1S/C10H9ClN2S/c1-7(11)6-14-10-12-8-4-2-3-5-9(8)13-10/h2-5H,1,6H2,(H,12,13). The second-order valence-electron chi connectivity index (χ2n) is 2.87. The Kier molecular flexibility index (Phi) is 2.79. The number of halogens is 1. The van der Waals surface area contributed by atoms with E-state index in [0.717, 1.165) is 16.2 Å². The highest BCUT2D eigenvalue weighted by atomic mass is 35.5. The number of H-pyrrole nitrogens is 1. The van der Waals surface area contributed by atoms with E-state index in [1.807, 2.05) is 24.3 Å². The minimum absolute atomic E-state index is 0.635. The number of fused-ring (bicyclic) bond motifs is 1. The van der Waals surface area contributed by atoms with E-state index >= 15 is 0 Å². The van der Waals surface area contributed by atoms with E-state index in [1.54, 1.807) is 11.8 Å². The topological polar surface area (TPSA) is 28.7 Å². The van der Waals surface area contributed by atoms with Gasteiger partial charge in [0, 0.05) is 10.8 Å². The zero-order valence-corrected chi connectivity index (χ0v) is 9.03. The van der Waals surface area contributed by atoms with E-state index < -0.39 is 0 Å². The summed E-state index contributed by atoms with van der Waals surface area (Å²) >= 11 is 7.23. The number of imidazole rings is 1. The van der Waals surface area contributed by atoms with Crippen molar-refractivity contribution in [3.63, 3.8) is 0 Å². The van der Waals surface area contributed by atoms with Crippen molar-refractivity contribution < 1.29 is 0 Å². The van der Waals surface area contributed by atoms with Crippen LogP contribution in [0.3, 0.4) is 0 Å². The fourth-order valence-electron chi connectivity index (χ4n) is 1.14. The number of aromatic nitrogens is 2. The van der Waals surface area contributed by atoms with Crippen molar-refractivity contribution in [1.82, 2.24) is 9.97 Å². The molecule has 14 heavy (non-hydrogen) atoms. The predicted octanol–water partition coefficient (Wildman–Crippen LogP) is 3.41. The van der Waals surface area contributed by atoms with Crippen molar-refractivity contribution in [2.75, 3.05) is 5.75 Å². The third-order valence-electron chi connectivity index (χ3n) is 1.73. The van der Waals surface area contributed by atoms with Gasteiger partial charge < -0.3 is 4.98 Å². The van der Waals surface area contributed by atoms with Gasteiger partial charge in [0.1, 0.15) is 0 Å². The first kappa shape index (κ1) is 9.62. The van der Waals surface area contributed by atoms with E-state index in [2.05, 4.69) is 16.5 Å². The minimum atomic E-state index is 0.635. The molecule has 0 aliphatic heterocycles. The molecule has 0 bridgehead atoms. The van der Waals surface area contributed by atoms with Gasteiger partial charge in [-0.15, -0.1) is 0 Å². The molecular weight excluding hydrogens is 216 g/mol. The third-order valence-corrected chi connectivity index (χ3v) is 2.98. The van der Waals surface area contributed by atoms with E-state index in [0.29, 0.717) is 10.8 Å². The lowest BCUT2D eigenvalue weighted by atomic mass is 10.3. The van der Waals surface area contributed by atoms with Crippen LogP contribution in [0.2, 0.25) is 0 Å². The molecule has 4 heteroatoms. The van der Waals surface area contributed by atoms with Crippen molar-refractivity contribution in [2.45, 2.75) is 5.16 Å². The Bertz CT molecular complexity index is 431. The van der Waals surface area contributed by atoms with Gasteiger partial charge in [0.15, 0.2) is 5.16 Å². The Labute approximate surface area is 91.4 Å². The number of rotatable bonds is 3. The normalized spacial score (nSPS) is 10.6. The maximum Gasteiger partial charge on any atom is 0.166 e. The molecule has 1 heterocycles. The van der Waals surface area contributed by atoms with Gasteiger partial charge >= 0.3 is 0 Å². The van der Waals surface area contributed by atoms with Gasteiger partial charge in [-0.1, -0.05) is 42.1 Å². The molecule has 1 N–H and O–H groups in total. The lowest BCUT2D eigenvalue weighted by molar-refractivity contribution is 1.08. The number of nitrogens with zero attached hydrogens (tertiary/aromatic N) is 1. The van der Waals surface area contributed by atoms with Gasteiger partial charge in [-0.3, -0.25) is 0 Å². The molecule has 0 radical (unpaired) electrons. The Morgan fingerprint density at radius 3 is 3.00 bits per heavy atom. The van der Waals surface area contributed by atoms with Crippen LogP contribution >= 0.6 is 23.4 Å². The molecular formula is C10H9ClN2S. The van der Waals surface area contributed by atoms with Crippen molar-refractivity contribution in [2.24, 2.45) is 0 Å². The van der Waals surface area contributed by atoms with Gasteiger partial charge in [-0.2, -0.15) is 0 Å². The Hall–Kier alpha value is -0.930. The summed E-state index contributed by atoms with van der Waals surface area (Å²) in [5, 5.41) is 1.52. The lowest BCUT2D eigenvalue weighted by Gasteiger charge is -1.92. The lowest BCUT2D eigenvalue weighted by Crippen LogP contribution is -1.78. The van der Waals surface area contributed by atoms with Gasteiger partial charge in [0.25, 0.3) is 0 Å². The van der Waals surface area contributed by atoms with Crippen LogP contribution in [0, 0.1) is 0 Å². The van der Waals surface area contributed by atoms with Crippen LogP contribution in [-0.4, -0.2) is 15.7 Å². The molecule has 72 valence electrons. The Morgan fingerprint density at radius 1 is 1.50 bits per heavy atom. The van der Waals surface area contributed by atoms with Crippen molar-refractivity contribution >= 4 is 34.4 Å². The molecule has 0 aliphatic rings. The van der Waals surface area contributed by atoms with Crippen LogP contribution in [-0.2, 0) is 0 Å². The summed E-state index contributed by atoms with van der Waals surface area (Å²) in [6.45, 7) is 3.63. The summed E-state index contributed by atoms with van der Waals surface area (Å²) in [5.74, 6) is 0.682. The molecule has 2 rings (SSSR count). The summed E-state index contributed by atoms with van der Waals surface area (Å²) < 4.78 is 0. The maximum absolute atomic E-state index is 5.67. The molecule has 0 amide bonds. The monoisotopic (exact) mass is 224 g/mol. The zero-order chi connectivity index (χ0) is 9.97. The molecule has 1 aromatic carbocycles. The highest BCUT2D eigenvalue weighted by Gasteiger charge is 2.01. The van der Waals surface area contributed by atoms with Crippen LogP contribution in [0.15, 0.2) is 41.0 Å². The summed E-state index contributed by atoms with van der Waals surface area (Å²) in [6, 6.07) is 7.93. The van der Waals surface area contributed by atoms with Crippen molar-refractivity contribution in [1.29, 1.82) is 0 Å². The smallest absolute Gasteiger partial charge is 0.166 e. The second kappa shape index (κ2) is 4.07. The Morgan fingerprint density at radius 2 is 2.29 bits per heavy atom. The van der Waals surface area contributed by atoms with Crippen LogP contribution in [0.1, 0.15) is 0 Å². The molecule has 0 fully saturated rings. The van der Waals surface area contributed by atoms with Gasteiger partial charge in [-0.05, 0) is 12.1 Å². The summed E-state index contributed by atoms with van der Waals surface area (Å²) in [6.07, 6.45) is 0. The van der Waals surface area contributed by atoms with Crippen molar-refractivity contribution in [3.05, 3.63) is 35.9 Å². The number of benzene rings is 1. The number of hydrogen-bond donors (Lipinski definition) is 1. The van der Waals surface area contributed by atoms with E-state index in [4.69, 9.17) is 11.6 Å². The first-order chi connectivity index (χ1) is 6.75. The second-order valence-corrected chi connectivity index (χ2v) is 4.36. The first-order valence-electron chi connectivity index (χ1n) is 4.16. The number of thioether (sulfide) groups is 1. The maximum atomic E-state index is 5.67. The molecule has 0 spiro atoms. The van der Waals surface area contributed by atoms with Crippen molar-refractivity contribution in [3.8, 4) is 0 Å². The van der Waals surface area contributed by atoms with E-state index in [9.17, 15) is 0 Å².